The van der Waals surface area contributed by atoms with E-state index < -0.39 is 0 Å². The second-order valence-corrected chi connectivity index (χ2v) is 3.64. The highest BCUT2D eigenvalue weighted by Crippen LogP contribution is 2.53. The molecule has 0 radical (unpaired) electrons. The van der Waals surface area contributed by atoms with E-state index in [-0.39, 0.29) is 0 Å². The summed E-state index contributed by atoms with van der Waals surface area (Å²) >= 11 is 0. The fourth-order valence-electron chi connectivity index (χ4n) is 1.75. The Hall–Kier alpha value is -0.530. The molecule has 1 aliphatic heterocycles. The van der Waals surface area contributed by atoms with Crippen LogP contribution in [0, 0.1) is 5.41 Å². The summed E-state index contributed by atoms with van der Waals surface area (Å²) in [6, 6.07) is 0. The Kier molecular flexibility index (Phi) is 1.63. The van der Waals surface area contributed by atoms with Crippen molar-refractivity contribution < 1.29 is 4.74 Å². The van der Waals surface area contributed by atoms with Gasteiger partial charge in [0.1, 0.15) is 0 Å². The van der Waals surface area contributed by atoms with Crippen LogP contribution in [0.5, 0.6) is 0 Å². The van der Waals surface area contributed by atoms with Gasteiger partial charge in [0.2, 0.25) is 0 Å². The van der Waals surface area contributed by atoms with Gasteiger partial charge in [0.15, 0.2) is 5.90 Å². The minimum Gasteiger partial charge on any atom is -0.481 e. The Labute approximate surface area is 67.7 Å². The van der Waals surface area contributed by atoms with Gasteiger partial charge in [-0.2, -0.15) is 0 Å². The van der Waals surface area contributed by atoms with Crippen molar-refractivity contribution in [3.8, 4) is 0 Å². The molecule has 0 saturated heterocycles. The first-order valence-electron chi connectivity index (χ1n) is 4.51. The summed E-state index contributed by atoms with van der Waals surface area (Å²) in [6.45, 7) is 3.79. The maximum atomic E-state index is 5.41. The van der Waals surface area contributed by atoms with Crippen molar-refractivity contribution in [3.05, 3.63) is 0 Å². The smallest absolute Gasteiger partial charge is 0.183 e. The van der Waals surface area contributed by atoms with E-state index in [9.17, 15) is 0 Å². The van der Waals surface area contributed by atoms with Crippen LogP contribution in [-0.4, -0.2) is 19.0 Å². The van der Waals surface area contributed by atoms with Crippen molar-refractivity contribution in [1.29, 1.82) is 0 Å². The highest BCUT2D eigenvalue weighted by Gasteiger charge is 2.44. The Morgan fingerprint density at radius 1 is 1.45 bits per heavy atom. The average Bonchev–Trinajstić information content (AvgIpc) is 2.70. The average molecular weight is 153 g/mol. The first-order chi connectivity index (χ1) is 5.35. The lowest BCUT2D eigenvalue weighted by Gasteiger charge is -2.20. The van der Waals surface area contributed by atoms with Gasteiger partial charge in [0.25, 0.3) is 0 Å². The molecule has 0 N–H and O–H groups in total. The summed E-state index contributed by atoms with van der Waals surface area (Å²) in [4.78, 5) is 4.35. The van der Waals surface area contributed by atoms with E-state index in [1.165, 1.54) is 19.3 Å². The second kappa shape index (κ2) is 2.50. The summed E-state index contributed by atoms with van der Waals surface area (Å²) < 4.78 is 5.41. The maximum Gasteiger partial charge on any atom is 0.183 e. The first-order valence-corrected chi connectivity index (χ1v) is 4.51. The summed E-state index contributed by atoms with van der Waals surface area (Å²) in [7, 11) is 0. The van der Waals surface area contributed by atoms with Gasteiger partial charge in [0, 0.05) is 13.0 Å². The van der Waals surface area contributed by atoms with Crippen LogP contribution < -0.4 is 0 Å². The van der Waals surface area contributed by atoms with Crippen LogP contribution in [0.4, 0.5) is 0 Å². The fraction of sp³-hybridized carbons (Fsp3) is 0.889. The van der Waals surface area contributed by atoms with E-state index in [1.54, 1.807) is 0 Å². The first kappa shape index (κ1) is 7.14. The van der Waals surface area contributed by atoms with Gasteiger partial charge in [-0.25, -0.2) is 0 Å². The lowest BCUT2D eigenvalue weighted by molar-refractivity contribution is 0.290. The van der Waals surface area contributed by atoms with Crippen molar-refractivity contribution in [2.24, 2.45) is 10.4 Å². The third kappa shape index (κ3) is 1.39. The van der Waals surface area contributed by atoms with Gasteiger partial charge in [-0.1, -0.05) is 0 Å². The van der Waals surface area contributed by atoms with Crippen LogP contribution in [-0.2, 0) is 4.74 Å². The molecule has 0 aromatic rings. The van der Waals surface area contributed by atoms with Gasteiger partial charge in [-0.3, -0.25) is 4.99 Å². The van der Waals surface area contributed by atoms with E-state index in [0.29, 0.717) is 5.41 Å². The van der Waals surface area contributed by atoms with Crippen LogP contribution in [0.1, 0.15) is 32.6 Å². The maximum absolute atomic E-state index is 5.41. The molecular formula is C9H15NO. The number of hydrogen-bond acceptors (Lipinski definition) is 2. The molecule has 1 fully saturated rings. The highest BCUT2D eigenvalue weighted by molar-refractivity contribution is 5.78. The monoisotopic (exact) mass is 153 g/mol. The molecule has 1 heterocycles. The third-order valence-corrected chi connectivity index (χ3v) is 2.72. The predicted octanol–water partition coefficient (Wildman–Crippen LogP) is 2.00. The molecule has 0 aromatic heterocycles. The van der Waals surface area contributed by atoms with Gasteiger partial charge >= 0.3 is 0 Å². The van der Waals surface area contributed by atoms with Crippen LogP contribution in [0.15, 0.2) is 4.99 Å². The van der Waals surface area contributed by atoms with E-state index in [0.717, 1.165) is 25.5 Å². The Morgan fingerprint density at radius 3 is 2.91 bits per heavy atom. The van der Waals surface area contributed by atoms with E-state index in [4.69, 9.17) is 4.74 Å². The number of nitrogens with zero attached hydrogens (tertiary/aromatic N) is 1. The number of rotatable bonds is 1. The molecule has 1 aliphatic carbocycles. The molecular weight excluding hydrogens is 138 g/mol. The number of ether oxygens (including phenoxy) is 1. The lowest BCUT2D eigenvalue weighted by atomic mass is 9.96. The standard InChI is InChI=1S/C9H15NO/c1-2-11-8-7-9(3-4-9)5-6-10-8/h2-7H2,1H3. The van der Waals surface area contributed by atoms with Gasteiger partial charge < -0.3 is 4.74 Å². The van der Waals surface area contributed by atoms with Crippen molar-refractivity contribution in [2.45, 2.75) is 32.6 Å². The van der Waals surface area contributed by atoms with E-state index in [1.807, 2.05) is 6.92 Å². The predicted molar refractivity (Wildman–Crippen MR) is 44.8 cm³/mol. The molecule has 1 spiro atoms. The SMILES string of the molecule is CCOC1=NCCC2(CC2)C1. The van der Waals surface area contributed by atoms with Crippen molar-refractivity contribution in [2.75, 3.05) is 13.2 Å². The molecule has 0 atom stereocenters. The molecule has 0 bridgehead atoms. The van der Waals surface area contributed by atoms with Gasteiger partial charge in [-0.15, -0.1) is 0 Å². The van der Waals surface area contributed by atoms with Crippen LogP contribution in [0.2, 0.25) is 0 Å². The molecule has 62 valence electrons. The second-order valence-electron chi connectivity index (χ2n) is 3.64. The topological polar surface area (TPSA) is 21.6 Å². The molecule has 0 unspecified atom stereocenters. The fourth-order valence-corrected chi connectivity index (χ4v) is 1.75. The molecule has 1 saturated carbocycles. The lowest BCUT2D eigenvalue weighted by Crippen LogP contribution is -2.19. The third-order valence-electron chi connectivity index (χ3n) is 2.72. The Morgan fingerprint density at radius 2 is 2.27 bits per heavy atom. The molecule has 11 heavy (non-hydrogen) atoms. The molecule has 2 heteroatoms. The molecule has 0 amide bonds. The zero-order valence-electron chi connectivity index (χ0n) is 7.10. The Bertz CT molecular complexity index is 182. The van der Waals surface area contributed by atoms with Gasteiger partial charge in [-0.05, 0) is 31.6 Å². The largest absolute Gasteiger partial charge is 0.481 e. The quantitative estimate of drug-likeness (QED) is 0.564. The summed E-state index contributed by atoms with van der Waals surface area (Å²) in [5.41, 5.74) is 0.645. The van der Waals surface area contributed by atoms with E-state index >= 15 is 0 Å². The van der Waals surface area contributed by atoms with Gasteiger partial charge in [0.05, 0.1) is 6.61 Å². The summed E-state index contributed by atoms with van der Waals surface area (Å²) in [5.74, 6) is 1.01. The zero-order chi connectivity index (χ0) is 7.73. The van der Waals surface area contributed by atoms with E-state index in [2.05, 4.69) is 4.99 Å². The highest BCUT2D eigenvalue weighted by atomic mass is 16.5. The van der Waals surface area contributed by atoms with Crippen molar-refractivity contribution in [1.82, 2.24) is 0 Å². The Balaban J connectivity index is 1.95. The number of hydrogen-bond donors (Lipinski definition) is 0. The molecule has 2 nitrogen and oxygen atoms in total. The molecule has 0 aromatic carbocycles. The van der Waals surface area contributed by atoms with Crippen LogP contribution in [0.3, 0.4) is 0 Å². The molecule has 2 rings (SSSR count). The minimum atomic E-state index is 0.645. The molecule has 2 aliphatic rings. The zero-order valence-corrected chi connectivity index (χ0v) is 7.10. The summed E-state index contributed by atoms with van der Waals surface area (Å²) in [6.07, 6.45) is 5.21. The van der Waals surface area contributed by atoms with Crippen molar-refractivity contribution in [3.63, 3.8) is 0 Å². The summed E-state index contributed by atoms with van der Waals surface area (Å²) in [5, 5.41) is 0. The minimum absolute atomic E-state index is 0.645. The van der Waals surface area contributed by atoms with Crippen LogP contribution >= 0.6 is 0 Å². The number of aliphatic imine (C=N–C) groups is 1. The normalized spacial score (nSPS) is 26.5. The van der Waals surface area contributed by atoms with Crippen molar-refractivity contribution >= 4 is 5.90 Å². The van der Waals surface area contributed by atoms with Crippen LogP contribution in [0.25, 0.3) is 0 Å².